The third kappa shape index (κ3) is 1.41. The normalized spacial score (nSPS) is 37.7. The lowest BCUT2D eigenvalue weighted by molar-refractivity contribution is 0.146. The van der Waals surface area contributed by atoms with Gasteiger partial charge in [0, 0.05) is 19.0 Å². The highest BCUT2D eigenvalue weighted by Crippen LogP contribution is 2.12. The van der Waals surface area contributed by atoms with Gasteiger partial charge in [-0.05, 0) is 13.6 Å². The van der Waals surface area contributed by atoms with Crippen molar-refractivity contribution in [3.05, 3.63) is 0 Å². The Kier molecular flexibility index (Phi) is 2.05. The highest BCUT2D eigenvalue weighted by Gasteiger charge is 2.27. The van der Waals surface area contributed by atoms with Crippen LogP contribution in [0.25, 0.3) is 0 Å². The molecule has 0 aliphatic carbocycles. The molecule has 2 atom stereocenters. The van der Waals surface area contributed by atoms with Gasteiger partial charge in [0.1, 0.15) is 0 Å². The van der Waals surface area contributed by atoms with Crippen molar-refractivity contribution in [2.45, 2.75) is 6.10 Å². The van der Waals surface area contributed by atoms with Gasteiger partial charge in [-0.25, -0.2) is 0 Å². The van der Waals surface area contributed by atoms with E-state index in [4.69, 9.17) is 5.73 Å². The third-order valence-corrected chi connectivity index (χ3v) is 1.89. The van der Waals surface area contributed by atoms with Crippen LogP contribution in [-0.2, 0) is 0 Å². The molecule has 3 nitrogen and oxygen atoms in total. The van der Waals surface area contributed by atoms with Crippen LogP contribution in [0.3, 0.4) is 0 Å². The van der Waals surface area contributed by atoms with E-state index in [1.54, 1.807) is 0 Å². The highest BCUT2D eigenvalue weighted by molar-refractivity contribution is 4.81. The molecule has 9 heavy (non-hydrogen) atoms. The first-order chi connectivity index (χ1) is 4.24. The number of β-amino-alcohol motifs (C(OH)–C–C–N with tert-alkyl or cyclic N) is 1. The molecular formula is C6H14N2O. The summed E-state index contributed by atoms with van der Waals surface area (Å²) in [6, 6.07) is 0. The van der Waals surface area contributed by atoms with Gasteiger partial charge >= 0.3 is 0 Å². The molecule has 1 aliphatic rings. The minimum absolute atomic E-state index is 0.194. The van der Waals surface area contributed by atoms with Crippen molar-refractivity contribution in [3.63, 3.8) is 0 Å². The number of likely N-dealkylation sites (N-methyl/N-ethyl adjacent to an activating group) is 1. The monoisotopic (exact) mass is 130 g/mol. The number of nitrogens with zero attached hydrogens (tertiary/aromatic N) is 1. The molecule has 0 saturated carbocycles. The van der Waals surface area contributed by atoms with E-state index in [0.717, 1.165) is 13.1 Å². The van der Waals surface area contributed by atoms with Crippen molar-refractivity contribution in [1.82, 2.24) is 4.90 Å². The predicted octanol–water partition coefficient (Wildman–Crippen LogP) is -1.13. The number of aliphatic hydroxyl groups excluding tert-OH is 1. The van der Waals surface area contributed by atoms with Gasteiger partial charge in [0.05, 0.1) is 6.10 Å². The SMILES string of the molecule is CN1CC(O)C(CN)C1. The molecule has 2 unspecified atom stereocenters. The van der Waals surface area contributed by atoms with Crippen molar-refractivity contribution >= 4 is 0 Å². The Morgan fingerprint density at radius 2 is 2.33 bits per heavy atom. The topological polar surface area (TPSA) is 49.5 Å². The molecular weight excluding hydrogens is 116 g/mol. The highest BCUT2D eigenvalue weighted by atomic mass is 16.3. The number of hydrogen-bond donors (Lipinski definition) is 2. The van der Waals surface area contributed by atoms with Crippen LogP contribution in [0.2, 0.25) is 0 Å². The van der Waals surface area contributed by atoms with Gasteiger partial charge in [-0.15, -0.1) is 0 Å². The summed E-state index contributed by atoms with van der Waals surface area (Å²) in [7, 11) is 2.00. The molecule has 1 saturated heterocycles. The quantitative estimate of drug-likeness (QED) is 0.472. The number of aliphatic hydroxyl groups is 1. The maximum absolute atomic E-state index is 9.24. The largest absolute Gasteiger partial charge is 0.391 e. The van der Waals surface area contributed by atoms with Crippen LogP contribution in [0.5, 0.6) is 0 Å². The zero-order valence-corrected chi connectivity index (χ0v) is 5.75. The summed E-state index contributed by atoms with van der Waals surface area (Å²) < 4.78 is 0. The molecule has 0 spiro atoms. The standard InChI is InChI=1S/C6H14N2O/c1-8-3-5(2-7)6(9)4-8/h5-6,9H,2-4,7H2,1H3. The van der Waals surface area contributed by atoms with E-state index in [1.165, 1.54) is 0 Å². The van der Waals surface area contributed by atoms with E-state index in [9.17, 15) is 5.11 Å². The third-order valence-electron chi connectivity index (χ3n) is 1.89. The van der Waals surface area contributed by atoms with Crippen LogP contribution >= 0.6 is 0 Å². The molecule has 0 bridgehead atoms. The zero-order valence-electron chi connectivity index (χ0n) is 5.75. The van der Waals surface area contributed by atoms with Gasteiger partial charge in [-0.3, -0.25) is 0 Å². The van der Waals surface area contributed by atoms with Crippen LogP contribution in [0.1, 0.15) is 0 Å². The van der Waals surface area contributed by atoms with Crippen molar-refractivity contribution in [2.24, 2.45) is 11.7 Å². The average molecular weight is 130 g/mol. The van der Waals surface area contributed by atoms with E-state index in [1.807, 2.05) is 7.05 Å². The smallest absolute Gasteiger partial charge is 0.0719 e. The molecule has 0 amide bonds. The fourth-order valence-corrected chi connectivity index (χ4v) is 1.30. The first-order valence-corrected chi connectivity index (χ1v) is 3.30. The molecule has 1 aliphatic heterocycles. The number of likely N-dealkylation sites (tertiary alicyclic amines) is 1. The minimum Gasteiger partial charge on any atom is -0.391 e. The summed E-state index contributed by atoms with van der Waals surface area (Å²) in [5.41, 5.74) is 5.40. The second-order valence-corrected chi connectivity index (χ2v) is 2.78. The maximum Gasteiger partial charge on any atom is 0.0719 e. The predicted molar refractivity (Wildman–Crippen MR) is 36.0 cm³/mol. The number of rotatable bonds is 1. The van der Waals surface area contributed by atoms with E-state index >= 15 is 0 Å². The van der Waals surface area contributed by atoms with Crippen molar-refractivity contribution in [1.29, 1.82) is 0 Å². The van der Waals surface area contributed by atoms with Crippen molar-refractivity contribution in [3.8, 4) is 0 Å². The molecule has 3 N–H and O–H groups in total. The Morgan fingerprint density at radius 3 is 2.56 bits per heavy atom. The van der Waals surface area contributed by atoms with E-state index < -0.39 is 0 Å². The Bertz CT molecular complexity index is 97.1. The van der Waals surface area contributed by atoms with E-state index in [0.29, 0.717) is 12.5 Å². The Hall–Kier alpha value is -0.120. The molecule has 1 rings (SSSR count). The van der Waals surface area contributed by atoms with Crippen LogP contribution in [0.4, 0.5) is 0 Å². The molecule has 3 heteroatoms. The maximum atomic E-state index is 9.24. The first-order valence-electron chi connectivity index (χ1n) is 3.30. The summed E-state index contributed by atoms with van der Waals surface area (Å²) in [6.07, 6.45) is -0.194. The molecule has 0 aromatic heterocycles. The molecule has 1 fully saturated rings. The molecule has 0 aromatic carbocycles. The molecule has 0 radical (unpaired) electrons. The summed E-state index contributed by atoms with van der Waals surface area (Å²) in [6.45, 7) is 2.32. The summed E-state index contributed by atoms with van der Waals surface area (Å²) in [5.74, 6) is 0.301. The lowest BCUT2D eigenvalue weighted by atomic mass is 10.1. The fourth-order valence-electron chi connectivity index (χ4n) is 1.30. The van der Waals surface area contributed by atoms with Crippen LogP contribution in [-0.4, -0.2) is 42.8 Å². The molecule has 1 heterocycles. The van der Waals surface area contributed by atoms with Gasteiger partial charge in [-0.2, -0.15) is 0 Å². The van der Waals surface area contributed by atoms with Gasteiger partial charge in [0.2, 0.25) is 0 Å². The minimum atomic E-state index is -0.194. The first kappa shape index (κ1) is 6.99. The van der Waals surface area contributed by atoms with E-state index in [2.05, 4.69) is 4.90 Å². The lowest BCUT2D eigenvalue weighted by Crippen LogP contribution is -2.25. The zero-order chi connectivity index (χ0) is 6.85. The summed E-state index contributed by atoms with van der Waals surface area (Å²) in [5, 5.41) is 9.24. The van der Waals surface area contributed by atoms with Crippen LogP contribution < -0.4 is 5.73 Å². The van der Waals surface area contributed by atoms with Crippen molar-refractivity contribution < 1.29 is 5.11 Å². The van der Waals surface area contributed by atoms with Crippen molar-refractivity contribution in [2.75, 3.05) is 26.7 Å². The van der Waals surface area contributed by atoms with E-state index in [-0.39, 0.29) is 6.10 Å². The summed E-state index contributed by atoms with van der Waals surface area (Å²) in [4.78, 5) is 2.10. The lowest BCUT2D eigenvalue weighted by Gasteiger charge is -2.07. The van der Waals surface area contributed by atoms with Gasteiger partial charge in [0.25, 0.3) is 0 Å². The number of nitrogens with two attached hydrogens (primary N) is 1. The van der Waals surface area contributed by atoms with Gasteiger partial charge in [-0.1, -0.05) is 0 Å². The summed E-state index contributed by atoms with van der Waals surface area (Å²) >= 11 is 0. The second kappa shape index (κ2) is 2.64. The average Bonchev–Trinajstić information content (AvgIpc) is 2.10. The number of hydrogen-bond acceptors (Lipinski definition) is 3. The Balaban J connectivity index is 2.38. The Labute approximate surface area is 55.5 Å². The van der Waals surface area contributed by atoms with Gasteiger partial charge < -0.3 is 15.7 Å². The molecule has 54 valence electrons. The fraction of sp³-hybridized carbons (Fsp3) is 1.00. The van der Waals surface area contributed by atoms with Crippen LogP contribution in [0, 0.1) is 5.92 Å². The van der Waals surface area contributed by atoms with Crippen LogP contribution in [0.15, 0.2) is 0 Å². The van der Waals surface area contributed by atoms with Gasteiger partial charge in [0.15, 0.2) is 0 Å². The Morgan fingerprint density at radius 1 is 1.67 bits per heavy atom. The second-order valence-electron chi connectivity index (χ2n) is 2.78. The molecule has 0 aromatic rings.